The number of hydrogen-bond donors (Lipinski definition) is 1. The van der Waals surface area contributed by atoms with Gasteiger partial charge in [0.05, 0.1) is 11.4 Å². The largest absolute Gasteiger partial charge is 0.455 e. The van der Waals surface area contributed by atoms with Crippen molar-refractivity contribution in [2.75, 3.05) is 11.1 Å². The fraction of sp³-hybridized carbons (Fsp3) is 0.0476. The molecule has 1 aromatic heterocycles. The maximum atomic E-state index is 12.4. The van der Waals surface area contributed by atoms with Crippen LogP contribution in [0, 0.1) is 0 Å². The molecular weight excluding hydrogens is 396 g/mol. The zero-order valence-corrected chi connectivity index (χ0v) is 16.2. The van der Waals surface area contributed by atoms with Crippen LogP contribution in [0.2, 0.25) is 5.02 Å². The maximum absolute atomic E-state index is 12.4. The van der Waals surface area contributed by atoms with Gasteiger partial charge >= 0.3 is 0 Å². The van der Waals surface area contributed by atoms with Crippen LogP contribution in [0.15, 0.2) is 82.4 Å². The van der Waals surface area contributed by atoms with Gasteiger partial charge in [-0.25, -0.2) is 4.98 Å². The van der Waals surface area contributed by atoms with Gasteiger partial charge in [0.25, 0.3) is 5.22 Å². The van der Waals surface area contributed by atoms with E-state index in [0.717, 1.165) is 5.52 Å². The molecule has 0 aliphatic heterocycles. The first kappa shape index (κ1) is 18.4. The number of rotatable bonds is 6. The molecule has 140 valence electrons. The number of carbonyl (C=O) groups is 1. The Bertz CT molecular complexity index is 1080. The van der Waals surface area contributed by atoms with Crippen molar-refractivity contribution in [2.24, 2.45) is 0 Å². The molecule has 3 aromatic carbocycles. The summed E-state index contributed by atoms with van der Waals surface area (Å²) >= 11 is 7.31. The molecule has 0 unspecified atom stereocenters. The van der Waals surface area contributed by atoms with E-state index in [2.05, 4.69) is 10.3 Å². The minimum absolute atomic E-state index is 0.143. The molecular formula is C21H15ClN2O3S. The Labute approximate surface area is 170 Å². The molecule has 4 rings (SSSR count). The van der Waals surface area contributed by atoms with Crippen LogP contribution in [-0.4, -0.2) is 16.6 Å². The van der Waals surface area contributed by atoms with Crippen molar-refractivity contribution < 1.29 is 13.9 Å². The normalized spacial score (nSPS) is 10.8. The molecule has 1 heterocycles. The molecule has 5 nitrogen and oxygen atoms in total. The number of anilines is 1. The average molecular weight is 411 g/mol. The first-order valence-corrected chi connectivity index (χ1v) is 9.84. The summed E-state index contributed by atoms with van der Waals surface area (Å²) in [4.78, 5) is 16.8. The smallest absolute Gasteiger partial charge is 0.257 e. The standard InChI is InChI=1S/C21H15ClN2O3S/c22-14-10-11-19(26-15-6-2-1-3-7-15)17(12-14)23-20(25)13-28-21-24-16-8-4-5-9-18(16)27-21/h1-12H,13H2,(H,23,25). The summed E-state index contributed by atoms with van der Waals surface area (Å²) in [6, 6.07) is 21.9. The molecule has 0 saturated carbocycles. The van der Waals surface area contributed by atoms with E-state index in [1.54, 1.807) is 18.2 Å². The number of hydrogen-bond acceptors (Lipinski definition) is 5. The van der Waals surface area contributed by atoms with Crippen molar-refractivity contribution in [3.63, 3.8) is 0 Å². The van der Waals surface area contributed by atoms with E-state index in [1.807, 2.05) is 54.6 Å². The predicted octanol–water partition coefficient (Wildman–Crippen LogP) is 6.00. The highest BCUT2D eigenvalue weighted by Crippen LogP contribution is 2.32. The fourth-order valence-corrected chi connectivity index (χ4v) is 3.34. The number of thioether (sulfide) groups is 1. The maximum Gasteiger partial charge on any atom is 0.257 e. The summed E-state index contributed by atoms with van der Waals surface area (Å²) in [5, 5.41) is 3.79. The number of nitrogens with one attached hydrogen (secondary N) is 1. The summed E-state index contributed by atoms with van der Waals surface area (Å²) in [7, 11) is 0. The van der Waals surface area contributed by atoms with Gasteiger partial charge < -0.3 is 14.5 Å². The molecule has 1 amide bonds. The summed E-state index contributed by atoms with van der Waals surface area (Å²) < 4.78 is 11.5. The van der Waals surface area contributed by atoms with Gasteiger partial charge in [0.15, 0.2) is 11.3 Å². The van der Waals surface area contributed by atoms with Gasteiger partial charge in [-0.1, -0.05) is 53.7 Å². The van der Waals surface area contributed by atoms with Crippen LogP contribution in [0.4, 0.5) is 5.69 Å². The summed E-state index contributed by atoms with van der Waals surface area (Å²) in [6.07, 6.45) is 0. The van der Waals surface area contributed by atoms with E-state index in [1.165, 1.54) is 11.8 Å². The molecule has 0 radical (unpaired) electrons. The minimum atomic E-state index is -0.215. The van der Waals surface area contributed by atoms with Crippen LogP contribution in [-0.2, 0) is 4.79 Å². The van der Waals surface area contributed by atoms with Crippen molar-refractivity contribution in [1.82, 2.24) is 4.98 Å². The molecule has 28 heavy (non-hydrogen) atoms. The summed E-state index contributed by atoms with van der Waals surface area (Å²) in [5.74, 6) is 1.11. The number of carbonyl (C=O) groups excluding carboxylic acids is 1. The van der Waals surface area contributed by atoms with E-state index in [-0.39, 0.29) is 11.7 Å². The second-order valence-electron chi connectivity index (χ2n) is 5.84. The number of amides is 1. The zero-order valence-electron chi connectivity index (χ0n) is 14.6. The highest BCUT2D eigenvalue weighted by molar-refractivity contribution is 7.99. The van der Waals surface area contributed by atoms with Crippen molar-refractivity contribution in [2.45, 2.75) is 5.22 Å². The lowest BCUT2D eigenvalue weighted by Gasteiger charge is -2.12. The fourth-order valence-electron chi connectivity index (χ4n) is 2.53. The quantitative estimate of drug-likeness (QED) is 0.394. The minimum Gasteiger partial charge on any atom is -0.455 e. The average Bonchev–Trinajstić information content (AvgIpc) is 3.12. The van der Waals surface area contributed by atoms with Crippen LogP contribution in [0.1, 0.15) is 0 Å². The number of ether oxygens (including phenoxy) is 1. The van der Waals surface area contributed by atoms with E-state index < -0.39 is 0 Å². The molecule has 1 N–H and O–H groups in total. The van der Waals surface area contributed by atoms with Gasteiger partial charge in [0, 0.05) is 5.02 Å². The van der Waals surface area contributed by atoms with Gasteiger partial charge in [-0.2, -0.15) is 0 Å². The van der Waals surface area contributed by atoms with Crippen LogP contribution in [0.5, 0.6) is 11.5 Å². The number of para-hydroxylation sites is 3. The molecule has 4 aromatic rings. The molecule has 0 saturated heterocycles. The van der Waals surface area contributed by atoms with Crippen LogP contribution < -0.4 is 10.1 Å². The Kier molecular flexibility index (Phi) is 5.50. The molecule has 0 bridgehead atoms. The van der Waals surface area contributed by atoms with Crippen LogP contribution >= 0.6 is 23.4 Å². The van der Waals surface area contributed by atoms with Crippen molar-refractivity contribution in [3.8, 4) is 11.5 Å². The lowest BCUT2D eigenvalue weighted by molar-refractivity contribution is -0.113. The Morgan fingerprint density at radius 2 is 1.86 bits per heavy atom. The molecule has 0 atom stereocenters. The Hall–Kier alpha value is -2.96. The van der Waals surface area contributed by atoms with Gasteiger partial charge in [-0.3, -0.25) is 4.79 Å². The lowest BCUT2D eigenvalue weighted by atomic mass is 10.3. The number of benzene rings is 3. The van der Waals surface area contributed by atoms with Crippen LogP contribution in [0.25, 0.3) is 11.1 Å². The predicted molar refractivity (Wildman–Crippen MR) is 111 cm³/mol. The first-order chi connectivity index (χ1) is 13.7. The van der Waals surface area contributed by atoms with Gasteiger partial charge in [0.1, 0.15) is 11.3 Å². The van der Waals surface area contributed by atoms with E-state index in [0.29, 0.717) is 33.0 Å². The molecule has 7 heteroatoms. The van der Waals surface area contributed by atoms with Gasteiger partial charge in [0.2, 0.25) is 5.91 Å². The number of halogens is 1. The Morgan fingerprint density at radius 3 is 2.68 bits per heavy atom. The Morgan fingerprint density at radius 1 is 1.07 bits per heavy atom. The SMILES string of the molecule is O=C(CSc1nc2ccccc2o1)Nc1cc(Cl)ccc1Oc1ccccc1. The number of fused-ring (bicyclic) bond motifs is 1. The number of nitrogens with zero attached hydrogens (tertiary/aromatic N) is 1. The second-order valence-corrected chi connectivity index (χ2v) is 7.20. The second kappa shape index (κ2) is 8.37. The highest BCUT2D eigenvalue weighted by Gasteiger charge is 2.13. The third-order valence-corrected chi connectivity index (χ3v) is 4.85. The third kappa shape index (κ3) is 4.47. The molecule has 0 aliphatic rings. The summed E-state index contributed by atoms with van der Waals surface area (Å²) in [5.41, 5.74) is 1.96. The summed E-state index contributed by atoms with van der Waals surface area (Å²) in [6.45, 7) is 0. The topological polar surface area (TPSA) is 64.4 Å². The van der Waals surface area contributed by atoms with E-state index in [4.69, 9.17) is 20.8 Å². The van der Waals surface area contributed by atoms with Gasteiger partial charge in [-0.05, 0) is 42.5 Å². The molecule has 0 aliphatic carbocycles. The number of oxazole rings is 1. The highest BCUT2D eigenvalue weighted by atomic mass is 35.5. The van der Waals surface area contributed by atoms with Crippen molar-refractivity contribution >= 4 is 46.1 Å². The van der Waals surface area contributed by atoms with E-state index in [9.17, 15) is 4.79 Å². The molecule has 0 fully saturated rings. The lowest BCUT2D eigenvalue weighted by Crippen LogP contribution is -2.14. The van der Waals surface area contributed by atoms with Gasteiger partial charge in [-0.15, -0.1) is 0 Å². The first-order valence-electron chi connectivity index (χ1n) is 8.48. The number of aromatic nitrogens is 1. The molecule has 0 spiro atoms. The van der Waals surface area contributed by atoms with E-state index >= 15 is 0 Å². The van der Waals surface area contributed by atoms with Crippen LogP contribution in [0.3, 0.4) is 0 Å². The monoisotopic (exact) mass is 410 g/mol. The zero-order chi connectivity index (χ0) is 19.3. The third-order valence-electron chi connectivity index (χ3n) is 3.79. The van der Waals surface area contributed by atoms with Crippen molar-refractivity contribution in [1.29, 1.82) is 0 Å². The Balaban J connectivity index is 1.44. The van der Waals surface area contributed by atoms with Crippen molar-refractivity contribution in [3.05, 3.63) is 77.8 Å².